The molecule has 2 N–H and O–H groups in total. The summed E-state index contributed by atoms with van der Waals surface area (Å²) < 4.78 is 6.25. The lowest BCUT2D eigenvalue weighted by molar-refractivity contribution is -0.147. The molecule has 0 aliphatic rings. The molecule has 2 heterocycles. The summed E-state index contributed by atoms with van der Waals surface area (Å²) in [6.07, 6.45) is -0.0518. The smallest absolute Gasteiger partial charge is 0.308 e. The number of rotatable bonds is 8. The average Bonchev–Trinajstić information content (AvgIpc) is 3.47. The first kappa shape index (κ1) is 23.6. The average molecular weight is 494 g/mol. The fourth-order valence-corrected chi connectivity index (χ4v) is 5.23. The highest BCUT2D eigenvalue weighted by atomic mass is 32.1. The van der Waals surface area contributed by atoms with Crippen LogP contribution in [0.1, 0.15) is 29.8 Å². The number of hydrogen-bond donors (Lipinski definition) is 2. The molecule has 34 heavy (non-hydrogen) atoms. The van der Waals surface area contributed by atoms with E-state index in [2.05, 4.69) is 28.6 Å². The highest BCUT2D eigenvalue weighted by Crippen LogP contribution is 2.31. The third-order valence-electron chi connectivity index (χ3n) is 4.96. The number of thiophene rings is 1. The summed E-state index contributed by atoms with van der Waals surface area (Å²) >= 11 is 3.06. The van der Waals surface area contributed by atoms with Crippen LogP contribution in [-0.4, -0.2) is 29.4 Å². The van der Waals surface area contributed by atoms with Crippen LogP contribution in [0.25, 0.3) is 20.8 Å². The summed E-state index contributed by atoms with van der Waals surface area (Å²) in [7, 11) is 0. The lowest BCUT2D eigenvalue weighted by Gasteiger charge is -2.15. The lowest BCUT2D eigenvalue weighted by atomic mass is 10.1. The lowest BCUT2D eigenvalue weighted by Crippen LogP contribution is -2.29. The predicted octanol–water partition coefficient (Wildman–Crippen LogP) is 5.08. The number of nitrogens with one attached hydrogen (secondary N) is 2. The number of anilines is 1. The monoisotopic (exact) mass is 493 g/mol. The van der Waals surface area contributed by atoms with Crippen molar-refractivity contribution in [1.82, 2.24) is 10.3 Å². The van der Waals surface area contributed by atoms with Gasteiger partial charge in [-0.25, -0.2) is 4.98 Å². The zero-order valence-electron chi connectivity index (χ0n) is 18.7. The first-order chi connectivity index (χ1) is 16.4. The molecule has 0 radical (unpaired) electrons. The van der Waals surface area contributed by atoms with E-state index >= 15 is 0 Å². The molecule has 1 atom stereocenters. The largest absolute Gasteiger partial charge is 0.455 e. The van der Waals surface area contributed by atoms with Gasteiger partial charge in [-0.05, 0) is 60.3 Å². The Morgan fingerprint density at radius 3 is 2.59 bits per heavy atom. The van der Waals surface area contributed by atoms with Crippen molar-refractivity contribution in [1.29, 1.82) is 0 Å². The number of aryl methyl sites for hydroxylation is 1. The maximum Gasteiger partial charge on any atom is 0.308 e. The minimum Gasteiger partial charge on any atom is -0.455 e. The fraction of sp³-hybridized carbons (Fsp3) is 0.200. The topological polar surface area (TPSA) is 97.4 Å². The fourth-order valence-electron chi connectivity index (χ4n) is 3.38. The van der Waals surface area contributed by atoms with E-state index in [-0.39, 0.29) is 12.3 Å². The Bertz CT molecular complexity index is 1310. The van der Waals surface area contributed by atoms with E-state index in [4.69, 9.17) is 4.74 Å². The molecular weight excluding hydrogens is 470 g/mol. The zero-order chi connectivity index (χ0) is 24.1. The number of benzene rings is 2. The number of esters is 1. The van der Waals surface area contributed by atoms with Gasteiger partial charge in [0.25, 0.3) is 5.91 Å². The third kappa shape index (κ3) is 6.06. The molecule has 0 saturated carbocycles. The zero-order valence-corrected chi connectivity index (χ0v) is 20.3. The molecule has 2 aromatic heterocycles. The molecule has 174 valence electrons. The summed E-state index contributed by atoms with van der Waals surface area (Å²) in [6.45, 7) is 3.04. The molecule has 0 aliphatic heterocycles. The number of carbonyl (C=O) groups excluding carboxylic acids is 3. The summed E-state index contributed by atoms with van der Waals surface area (Å²) in [5.41, 5.74) is 3.71. The Balaban J connectivity index is 1.30. The van der Waals surface area contributed by atoms with Gasteiger partial charge in [0, 0.05) is 23.1 Å². The molecule has 7 nitrogen and oxygen atoms in total. The Morgan fingerprint density at radius 2 is 1.88 bits per heavy atom. The van der Waals surface area contributed by atoms with Gasteiger partial charge in [0.15, 0.2) is 6.61 Å². The Hall–Kier alpha value is -3.56. The van der Waals surface area contributed by atoms with Crippen LogP contribution in [0, 0.1) is 6.92 Å². The Kier molecular flexibility index (Phi) is 7.34. The molecule has 0 fully saturated rings. The Labute approximate surface area is 204 Å². The first-order valence-electron chi connectivity index (χ1n) is 10.6. The van der Waals surface area contributed by atoms with Crippen molar-refractivity contribution >= 4 is 56.4 Å². The van der Waals surface area contributed by atoms with Gasteiger partial charge in [0.05, 0.1) is 22.7 Å². The van der Waals surface area contributed by atoms with Crippen LogP contribution >= 0.6 is 22.7 Å². The van der Waals surface area contributed by atoms with Gasteiger partial charge in [0.1, 0.15) is 5.01 Å². The van der Waals surface area contributed by atoms with E-state index in [0.29, 0.717) is 5.69 Å². The number of fused-ring (bicyclic) bond motifs is 1. The molecule has 2 amide bonds. The molecule has 0 saturated heterocycles. The van der Waals surface area contributed by atoms with Crippen molar-refractivity contribution in [2.75, 3.05) is 11.9 Å². The molecule has 0 aliphatic carbocycles. The van der Waals surface area contributed by atoms with E-state index in [1.54, 1.807) is 23.5 Å². The van der Waals surface area contributed by atoms with Crippen molar-refractivity contribution in [3.63, 3.8) is 0 Å². The molecule has 0 bridgehead atoms. The second kappa shape index (κ2) is 10.6. The third-order valence-corrected chi connectivity index (χ3v) is 7.01. The van der Waals surface area contributed by atoms with Crippen molar-refractivity contribution in [2.24, 2.45) is 0 Å². The second-order valence-electron chi connectivity index (χ2n) is 7.75. The quantitative estimate of drug-likeness (QED) is 0.334. The molecule has 1 unspecified atom stereocenters. The highest BCUT2D eigenvalue weighted by molar-refractivity contribution is 7.21. The standard InChI is InChI=1S/C25H23N3O4S2/c1-15-5-10-19-22(12-15)34-25(28-19)17-6-8-18(9-7-17)27-23(30)14-32-24(31)13-20(26-16(2)29)21-4-3-11-33-21/h3-12,20H,13-14H2,1-2H3,(H,26,29)(H,27,30). The molecule has 4 rings (SSSR count). The van der Waals surface area contributed by atoms with E-state index in [1.807, 2.05) is 41.8 Å². The van der Waals surface area contributed by atoms with Crippen LogP contribution in [0.15, 0.2) is 60.0 Å². The summed E-state index contributed by atoms with van der Waals surface area (Å²) in [6, 6.07) is 16.7. The summed E-state index contributed by atoms with van der Waals surface area (Å²) in [5, 5.41) is 8.23. The maximum atomic E-state index is 12.2. The SMILES string of the molecule is CC(=O)NC(CC(=O)OCC(=O)Nc1ccc(-c2nc3ccc(C)cc3s2)cc1)c1cccs1. The van der Waals surface area contributed by atoms with Gasteiger partial charge in [-0.2, -0.15) is 0 Å². The van der Waals surface area contributed by atoms with Gasteiger partial charge in [-0.3, -0.25) is 14.4 Å². The van der Waals surface area contributed by atoms with E-state index in [9.17, 15) is 14.4 Å². The normalized spacial score (nSPS) is 11.7. The minimum absolute atomic E-state index is 0.0518. The van der Waals surface area contributed by atoms with E-state index in [0.717, 1.165) is 25.7 Å². The van der Waals surface area contributed by atoms with Crippen LogP contribution < -0.4 is 10.6 Å². The van der Waals surface area contributed by atoms with Crippen LogP contribution in [0.2, 0.25) is 0 Å². The molecule has 4 aromatic rings. The van der Waals surface area contributed by atoms with E-state index < -0.39 is 24.5 Å². The molecular formula is C25H23N3O4S2. The number of nitrogens with zero attached hydrogens (tertiary/aromatic N) is 1. The molecule has 0 spiro atoms. The first-order valence-corrected chi connectivity index (χ1v) is 12.3. The Morgan fingerprint density at radius 1 is 1.09 bits per heavy atom. The number of hydrogen-bond acceptors (Lipinski definition) is 7. The number of thiazole rings is 1. The summed E-state index contributed by atoms with van der Waals surface area (Å²) in [5.74, 6) is -1.25. The highest BCUT2D eigenvalue weighted by Gasteiger charge is 2.19. The maximum absolute atomic E-state index is 12.2. The number of ether oxygens (including phenoxy) is 1. The van der Waals surface area contributed by atoms with E-state index in [1.165, 1.54) is 23.8 Å². The minimum atomic E-state index is -0.566. The van der Waals surface area contributed by atoms with Gasteiger partial charge in [-0.1, -0.05) is 12.1 Å². The van der Waals surface area contributed by atoms with Crippen LogP contribution in [-0.2, 0) is 19.1 Å². The van der Waals surface area contributed by atoms with Gasteiger partial charge < -0.3 is 15.4 Å². The van der Waals surface area contributed by atoms with Crippen molar-refractivity contribution in [3.8, 4) is 10.6 Å². The second-order valence-corrected chi connectivity index (χ2v) is 9.76. The molecule has 2 aromatic carbocycles. The number of carbonyl (C=O) groups is 3. The van der Waals surface area contributed by atoms with Crippen LogP contribution in [0.4, 0.5) is 5.69 Å². The van der Waals surface area contributed by atoms with Gasteiger partial charge in [-0.15, -0.1) is 22.7 Å². The van der Waals surface area contributed by atoms with Gasteiger partial charge in [0.2, 0.25) is 5.91 Å². The van der Waals surface area contributed by atoms with Crippen molar-refractivity contribution in [3.05, 3.63) is 70.4 Å². The number of amides is 2. The number of aromatic nitrogens is 1. The van der Waals surface area contributed by atoms with Crippen LogP contribution in [0.5, 0.6) is 0 Å². The van der Waals surface area contributed by atoms with Crippen molar-refractivity contribution < 1.29 is 19.1 Å². The van der Waals surface area contributed by atoms with Crippen LogP contribution in [0.3, 0.4) is 0 Å². The summed E-state index contributed by atoms with van der Waals surface area (Å²) in [4.78, 5) is 41.4. The van der Waals surface area contributed by atoms with Gasteiger partial charge >= 0.3 is 5.97 Å². The molecule has 9 heteroatoms. The predicted molar refractivity (Wildman–Crippen MR) is 135 cm³/mol. The van der Waals surface area contributed by atoms with Crippen molar-refractivity contribution in [2.45, 2.75) is 26.3 Å².